The van der Waals surface area contributed by atoms with Crippen LogP contribution in [0, 0.1) is 0 Å². The van der Waals surface area contributed by atoms with Crippen LogP contribution in [0.1, 0.15) is 97.2 Å². The molecule has 0 spiro atoms. The van der Waals surface area contributed by atoms with E-state index in [1.54, 1.807) is 0 Å². The smallest absolute Gasteiger partial charge is 0.0465 e. The molecule has 2 nitrogen and oxygen atoms in total. The van der Waals surface area contributed by atoms with Gasteiger partial charge in [0.15, 0.2) is 0 Å². The molecule has 0 saturated carbocycles. The zero-order valence-electron chi connectivity index (χ0n) is 43.6. The average Bonchev–Trinajstić information content (AvgIpc) is 4.02. The molecule has 0 fully saturated rings. The molecule has 0 amide bonds. The summed E-state index contributed by atoms with van der Waals surface area (Å²) >= 11 is 0. The Morgan fingerprint density at radius 1 is 0.227 bits per heavy atom. The van der Waals surface area contributed by atoms with Gasteiger partial charge in [-0.05, 0) is 162 Å². The number of hydrogen-bond acceptors (Lipinski definition) is 2. The van der Waals surface area contributed by atoms with Gasteiger partial charge in [-0.25, -0.2) is 0 Å². The van der Waals surface area contributed by atoms with Crippen molar-refractivity contribution in [3.63, 3.8) is 0 Å². The zero-order chi connectivity index (χ0) is 51.1. The fraction of sp³-hybridized carbons (Fsp3) is 0.123. The van der Waals surface area contributed by atoms with Crippen LogP contribution in [-0.2, 0) is 16.2 Å². The number of fused-ring (bicyclic) bond motifs is 9. The van der Waals surface area contributed by atoms with Crippen LogP contribution in [0.2, 0.25) is 0 Å². The topological polar surface area (TPSA) is 6.48 Å². The number of hydrogen-bond donors (Lipinski definition) is 0. The molecular formula is C73H60N2. The normalized spacial score (nSPS) is 14.7. The molecule has 0 unspecified atom stereocenters. The van der Waals surface area contributed by atoms with E-state index in [0.29, 0.717) is 0 Å². The van der Waals surface area contributed by atoms with Gasteiger partial charge in [0.2, 0.25) is 0 Å². The first kappa shape index (κ1) is 46.1. The second-order valence-corrected chi connectivity index (χ2v) is 22.2. The van der Waals surface area contributed by atoms with Crippen molar-refractivity contribution in [3.8, 4) is 33.4 Å². The van der Waals surface area contributed by atoms with Crippen molar-refractivity contribution in [2.75, 3.05) is 9.80 Å². The van der Waals surface area contributed by atoms with Crippen molar-refractivity contribution in [2.24, 2.45) is 0 Å². The summed E-state index contributed by atoms with van der Waals surface area (Å²) in [5.41, 5.74) is 27.0. The number of benzene rings is 10. The quantitative estimate of drug-likeness (QED) is 0.126. The monoisotopic (exact) mass is 964 g/mol. The lowest BCUT2D eigenvalue weighted by atomic mass is 9.81. The third-order valence-electron chi connectivity index (χ3n) is 16.6. The first-order valence-corrected chi connectivity index (χ1v) is 26.5. The molecule has 0 atom stereocenters. The Labute approximate surface area is 443 Å². The fourth-order valence-corrected chi connectivity index (χ4v) is 12.5. The van der Waals surface area contributed by atoms with Crippen LogP contribution in [0.3, 0.4) is 0 Å². The van der Waals surface area contributed by atoms with Crippen LogP contribution in [0.25, 0.3) is 57.7 Å². The molecule has 2 heteroatoms. The van der Waals surface area contributed by atoms with Crippen LogP contribution in [0.5, 0.6) is 0 Å². The summed E-state index contributed by atoms with van der Waals surface area (Å²) < 4.78 is 0. The average molecular weight is 965 g/mol. The van der Waals surface area contributed by atoms with E-state index in [1.165, 1.54) is 77.9 Å². The molecule has 362 valence electrons. The van der Waals surface area contributed by atoms with E-state index in [9.17, 15) is 0 Å². The van der Waals surface area contributed by atoms with E-state index in [0.717, 1.165) is 45.3 Å². The second kappa shape index (κ2) is 17.7. The van der Waals surface area contributed by atoms with Crippen LogP contribution >= 0.6 is 0 Å². The zero-order valence-corrected chi connectivity index (χ0v) is 43.6. The Morgan fingerprint density at radius 2 is 0.467 bits per heavy atom. The lowest BCUT2D eigenvalue weighted by Crippen LogP contribution is -2.18. The Hall–Kier alpha value is -8.72. The predicted molar refractivity (Wildman–Crippen MR) is 319 cm³/mol. The standard InChI is InChI=1S/C73H60N2/c1-71(2)65-23-15-13-21-59(65)61-41-37-55(45-67(61)71)74(53-33-29-51(30-34-53)27-25-49-17-9-7-10-18-49)57-39-43-63-64-44-40-58(48-70(64)73(5,6)69(63)47-57)75(54-35-31-52(32-36-54)28-26-50-19-11-8-12-20-50)56-38-42-62-60-22-14-16-24-66(60)72(3,4)68(62)46-56/h7-48H,1-6H3/b27-25+,28-26+. The lowest BCUT2D eigenvalue weighted by Gasteiger charge is -2.30. The van der Waals surface area contributed by atoms with E-state index in [1.807, 2.05) is 0 Å². The molecule has 75 heavy (non-hydrogen) atoms. The molecule has 0 radical (unpaired) electrons. The molecule has 0 bridgehead atoms. The minimum Gasteiger partial charge on any atom is -0.310 e. The van der Waals surface area contributed by atoms with Gasteiger partial charge in [-0.1, -0.05) is 224 Å². The summed E-state index contributed by atoms with van der Waals surface area (Å²) in [4.78, 5) is 4.92. The number of nitrogens with zero attached hydrogens (tertiary/aromatic N) is 2. The molecule has 3 aliphatic carbocycles. The Bertz CT molecular complexity index is 3630. The van der Waals surface area contributed by atoms with Gasteiger partial charge in [0, 0.05) is 50.4 Å². The van der Waals surface area contributed by atoms with Gasteiger partial charge in [-0.15, -0.1) is 0 Å². The van der Waals surface area contributed by atoms with Crippen molar-refractivity contribution in [1.29, 1.82) is 0 Å². The highest BCUT2D eigenvalue weighted by atomic mass is 15.1. The third kappa shape index (κ3) is 7.78. The maximum Gasteiger partial charge on any atom is 0.0465 e. The maximum absolute atomic E-state index is 2.46. The Balaban J connectivity index is 0.898. The SMILES string of the molecule is CC1(C)c2ccccc2-c2ccc(N(c3ccc(/C=C/c4ccccc4)cc3)c3ccc4c(c3)C(C)(C)c3cc(N(c5ccc(/C=C/c6ccccc6)cc5)c5ccc6c(c5)C(C)(C)c5ccccc5-6)ccc3-4)cc21. The highest BCUT2D eigenvalue weighted by Crippen LogP contribution is 2.55. The van der Waals surface area contributed by atoms with E-state index in [-0.39, 0.29) is 16.2 Å². The van der Waals surface area contributed by atoms with Gasteiger partial charge in [-0.3, -0.25) is 0 Å². The summed E-state index contributed by atoms with van der Waals surface area (Å²) in [6.45, 7) is 14.3. The number of anilines is 6. The van der Waals surface area contributed by atoms with Gasteiger partial charge < -0.3 is 9.80 Å². The van der Waals surface area contributed by atoms with Crippen molar-refractivity contribution >= 4 is 58.4 Å². The van der Waals surface area contributed by atoms with Crippen LogP contribution < -0.4 is 9.80 Å². The minimum absolute atomic E-state index is 0.130. The van der Waals surface area contributed by atoms with Gasteiger partial charge in [0.05, 0.1) is 0 Å². The summed E-state index contributed by atoms with van der Waals surface area (Å²) in [7, 11) is 0. The van der Waals surface area contributed by atoms with E-state index >= 15 is 0 Å². The first-order chi connectivity index (χ1) is 36.4. The minimum atomic E-state index is -0.296. The van der Waals surface area contributed by atoms with Crippen LogP contribution in [-0.4, -0.2) is 0 Å². The van der Waals surface area contributed by atoms with Gasteiger partial charge in [-0.2, -0.15) is 0 Å². The predicted octanol–water partition coefficient (Wildman–Crippen LogP) is 19.9. The Kier molecular flexibility index (Phi) is 10.9. The molecule has 13 rings (SSSR count). The number of rotatable bonds is 10. The fourth-order valence-electron chi connectivity index (χ4n) is 12.5. The van der Waals surface area contributed by atoms with Crippen LogP contribution in [0.15, 0.2) is 231 Å². The van der Waals surface area contributed by atoms with Crippen molar-refractivity contribution in [3.05, 3.63) is 286 Å². The van der Waals surface area contributed by atoms with Crippen LogP contribution in [0.4, 0.5) is 34.1 Å². The summed E-state index contributed by atoms with van der Waals surface area (Å²) in [5.74, 6) is 0. The van der Waals surface area contributed by atoms with Gasteiger partial charge >= 0.3 is 0 Å². The molecule has 0 aromatic heterocycles. The van der Waals surface area contributed by atoms with Gasteiger partial charge in [0.1, 0.15) is 0 Å². The van der Waals surface area contributed by atoms with E-state index < -0.39 is 0 Å². The summed E-state index contributed by atoms with van der Waals surface area (Å²) in [5, 5.41) is 0. The highest BCUT2D eigenvalue weighted by Gasteiger charge is 2.39. The summed E-state index contributed by atoms with van der Waals surface area (Å²) in [6, 6.07) is 85.5. The molecular weight excluding hydrogens is 905 g/mol. The van der Waals surface area contributed by atoms with Crippen molar-refractivity contribution < 1.29 is 0 Å². The third-order valence-corrected chi connectivity index (χ3v) is 16.6. The molecule has 0 aliphatic heterocycles. The molecule has 10 aromatic rings. The highest BCUT2D eigenvalue weighted by molar-refractivity contribution is 5.91. The van der Waals surface area contributed by atoms with E-state index in [2.05, 4.69) is 306 Å². The molecule has 0 N–H and O–H groups in total. The first-order valence-electron chi connectivity index (χ1n) is 26.5. The molecule has 0 heterocycles. The lowest BCUT2D eigenvalue weighted by molar-refractivity contribution is 0.660. The van der Waals surface area contributed by atoms with Gasteiger partial charge in [0.25, 0.3) is 0 Å². The Morgan fingerprint density at radius 3 is 0.787 bits per heavy atom. The summed E-state index contributed by atoms with van der Waals surface area (Å²) in [6.07, 6.45) is 8.77. The maximum atomic E-state index is 2.46. The molecule has 10 aromatic carbocycles. The second-order valence-electron chi connectivity index (χ2n) is 22.2. The molecule has 3 aliphatic rings. The van der Waals surface area contributed by atoms with Crippen molar-refractivity contribution in [2.45, 2.75) is 57.8 Å². The molecule has 0 saturated heterocycles. The van der Waals surface area contributed by atoms with E-state index in [4.69, 9.17) is 0 Å². The van der Waals surface area contributed by atoms with Crippen molar-refractivity contribution in [1.82, 2.24) is 0 Å². The largest absolute Gasteiger partial charge is 0.310 e.